The van der Waals surface area contributed by atoms with E-state index in [0.29, 0.717) is 5.02 Å². The molecule has 0 aliphatic heterocycles. The van der Waals surface area contributed by atoms with E-state index in [2.05, 4.69) is 15.0 Å². The number of thioether (sulfide) groups is 1. The third kappa shape index (κ3) is 3.18. The van der Waals surface area contributed by atoms with Crippen molar-refractivity contribution in [1.82, 2.24) is 15.0 Å². The molecule has 0 N–H and O–H groups in total. The fourth-order valence-corrected chi connectivity index (χ4v) is 2.12. The average molecular weight is 252 g/mol. The summed E-state index contributed by atoms with van der Waals surface area (Å²) >= 11 is 7.42. The first-order valence-corrected chi connectivity index (χ1v) is 6.13. The molecule has 0 saturated carbocycles. The van der Waals surface area contributed by atoms with Gasteiger partial charge in [-0.05, 0) is 25.1 Å². The summed E-state index contributed by atoms with van der Waals surface area (Å²) in [6.45, 7) is 1.95. The maximum atomic E-state index is 5.87. The van der Waals surface area contributed by atoms with Crippen LogP contribution in [-0.2, 0) is 5.75 Å². The minimum atomic E-state index is 0.704. The van der Waals surface area contributed by atoms with E-state index in [-0.39, 0.29) is 0 Å². The number of hydrogen-bond acceptors (Lipinski definition) is 4. The van der Waals surface area contributed by atoms with Crippen LogP contribution in [0.2, 0.25) is 5.02 Å². The second kappa shape index (κ2) is 5.27. The number of nitrogens with zero attached hydrogens (tertiary/aromatic N) is 3. The number of pyridine rings is 1. The summed E-state index contributed by atoms with van der Waals surface area (Å²) in [5, 5.41) is 1.47. The predicted octanol–water partition coefficient (Wildman–Crippen LogP) is 3.13. The van der Waals surface area contributed by atoms with E-state index in [9.17, 15) is 0 Å². The van der Waals surface area contributed by atoms with Crippen LogP contribution in [-0.4, -0.2) is 15.0 Å². The molecule has 0 fully saturated rings. The maximum absolute atomic E-state index is 5.87. The van der Waals surface area contributed by atoms with Crippen LogP contribution >= 0.6 is 23.4 Å². The topological polar surface area (TPSA) is 38.7 Å². The van der Waals surface area contributed by atoms with Crippen LogP contribution in [0.3, 0.4) is 0 Å². The highest BCUT2D eigenvalue weighted by Gasteiger charge is 2.00. The first kappa shape index (κ1) is 11.4. The molecule has 5 heteroatoms. The standard InChI is InChI=1S/C11H10ClN3S/c1-8-2-4-14-11(15-8)16-7-10-6-9(12)3-5-13-10/h2-6H,7H2,1H3. The van der Waals surface area contributed by atoms with E-state index in [1.165, 1.54) is 0 Å². The van der Waals surface area contributed by atoms with Gasteiger partial charge in [-0.15, -0.1) is 0 Å². The molecule has 0 unspecified atom stereocenters. The van der Waals surface area contributed by atoms with Gasteiger partial charge in [-0.3, -0.25) is 4.98 Å². The number of hydrogen-bond donors (Lipinski definition) is 0. The van der Waals surface area contributed by atoms with Crippen molar-refractivity contribution in [3.05, 3.63) is 47.0 Å². The molecule has 2 rings (SSSR count). The Morgan fingerprint density at radius 1 is 1.25 bits per heavy atom. The highest BCUT2D eigenvalue weighted by Crippen LogP contribution is 2.19. The minimum absolute atomic E-state index is 0.704. The van der Waals surface area contributed by atoms with Crippen molar-refractivity contribution in [3.63, 3.8) is 0 Å². The van der Waals surface area contributed by atoms with Gasteiger partial charge in [0.05, 0.1) is 5.69 Å². The third-order valence-corrected chi connectivity index (χ3v) is 3.03. The lowest BCUT2D eigenvalue weighted by Gasteiger charge is -2.00. The van der Waals surface area contributed by atoms with Crippen LogP contribution in [0.15, 0.2) is 35.7 Å². The summed E-state index contributed by atoms with van der Waals surface area (Å²) in [5.41, 5.74) is 1.90. The van der Waals surface area contributed by atoms with Crippen LogP contribution < -0.4 is 0 Å². The van der Waals surface area contributed by atoms with E-state index in [0.717, 1.165) is 22.3 Å². The molecule has 0 atom stereocenters. The van der Waals surface area contributed by atoms with Crippen molar-refractivity contribution in [3.8, 4) is 0 Å². The monoisotopic (exact) mass is 251 g/mol. The first-order valence-electron chi connectivity index (χ1n) is 4.77. The van der Waals surface area contributed by atoms with Gasteiger partial charge in [0, 0.05) is 28.9 Å². The van der Waals surface area contributed by atoms with Crippen molar-refractivity contribution in [1.29, 1.82) is 0 Å². The Bertz CT molecular complexity index is 445. The summed E-state index contributed by atoms with van der Waals surface area (Å²) in [6, 6.07) is 5.49. The van der Waals surface area contributed by atoms with E-state index in [1.54, 1.807) is 30.2 Å². The van der Waals surface area contributed by atoms with E-state index < -0.39 is 0 Å². The van der Waals surface area contributed by atoms with Gasteiger partial charge in [-0.25, -0.2) is 9.97 Å². The van der Waals surface area contributed by atoms with Gasteiger partial charge in [0.15, 0.2) is 5.16 Å². The molecule has 3 nitrogen and oxygen atoms in total. The molecule has 16 heavy (non-hydrogen) atoms. The fourth-order valence-electron chi connectivity index (χ4n) is 1.16. The molecule has 2 aromatic rings. The molecule has 0 aliphatic carbocycles. The van der Waals surface area contributed by atoms with Gasteiger partial charge in [0.25, 0.3) is 0 Å². The van der Waals surface area contributed by atoms with Gasteiger partial charge < -0.3 is 0 Å². The molecule has 0 amide bonds. The van der Waals surface area contributed by atoms with Gasteiger partial charge >= 0.3 is 0 Å². The Balaban J connectivity index is 2.02. The maximum Gasteiger partial charge on any atom is 0.188 e. The molecular weight excluding hydrogens is 242 g/mol. The van der Waals surface area contributed by atoms with Crippen LogP contribution in [0.5, 0.6) is 0 Å². The summed E-state index contributed by atoms with van der Waals surface area (Å²) in [4.78, 5) is 12.7. The zero-order valence-corrected chi connectivity index (χ0v) is 10.3. The highest BCUT2D eigenvalue weighted by atomic mass is 35.5. The lowest BCUT2D eigenvalue weighted by molar-refractivity contribution is 0.930. The van der Waals surface area contributed by atoms with Crippen LogP contribution in [0.1, 0.15) is 11.4 Å². The Labute approximate surface area is 103 Å². The zero-order valence-electron chi connectivity index (χ0n) is 8.72. The van der Waals surface area contributed by atoms with Crippen molar-refractivity contribution < 1.29 is 0 Å². The smallest absolute Gasteiger partial charge is 0.188 e. The normalized spacial score (nSPS) is 10.4. The number of aromatic nitrogens is 3. The van der Waals surface area contributed by atoms with E-state index >= 15 is 0 Å². The van der Waals surface area contributed by atoms with Gasteiger partial charge in [0.1, 0.15) is 0 Å². The van der Waals surface area contributed by atoms with Crippen LogP contribution in [0, 0.1) is 6.92 Å². The number of rotatable bonds is 3. The highest BCUT2D eigenvalue weighted by molar-refractivity contribution is 7.98. The lowest BCUT2D eigenvalue weighted by atomic mass is 10.4. The molecule has 0 radical (unpaired) electrons. The summed E-state index contributed by atoms with van der Waals surface area (Å²) in [5.74, 6) is 0.726. The molecule has 0 saturated heterocycles. The van der Waals surface area contributed by atoms with Crippen molar-refractivity contribution >= 4 is 23.4 Å². The molecular formula is C11H10ClN3S. The third-order valence-electron chi connectivity index (χ3n) is 1.90. The SMILES string of the molecule is Cc1ccnc(SCc2cc(Cl)ccn2)n1. The first-order chi connectivity index (χ1) is 7.74. The second-order valence-electron chi connectivity index (χ2n) is 3.23. The average Bonchev–Trinajstić information content (AvgIpc) is 2.27. The van der Waals surface area contributed by atoms with Crippen molar-refractivity contribution in [2.45, 2.75) is 17.8 Å². The zero-order chi connectivity index (χ0) is 11.4. The Hall–Kier alpha value is -1.13. The van der Waals surface area contributed by atoms with E-state index in [1.807, 2.05) is 19.1 Å². The number of aryl methyl sites for hydroxylation is 1. The van der Waals surface area contributed by atoms with Crippen LogP contribution in [0.25, 0.3) is 0 Å². The largest absolute Gasteiger partial charge is 0.260 e. The van der Waals surface area contributed by atoms with Gasteiger partial charge in [-0.2, -0.15) is 0 Å². The molecule has 0 aromatic carbocycles. The summed E-state index contributed by atoms with van der Waals surface area (Å²) in [6.07, 6.45) is 3.46. The lowest BCUT2D eigenvalue weighted by Crippen LogP contribution is -1.90. The van der Waals surface area contributed by atoms with Crippen molar-refractivity contribution in [2.24, 2.45) is 0 Å². The second-order valence-corrected chi connectivity index (χ2v) is 4.61. The van der Waals surface area contributed by atoms with E-state index in [4.69, 9.17) is 11.6 Å². The Morgan fingerprint density at radius 2 is 2.06 bits per heavy atom. The van der Waals surface area contributed by atoms with Crippen molar-refractivity contribution in [2.75, 3.05) is 0 Å². The molecule has 2 aromatic heterocycles. The fraction of sp³-hybridized carbons (Fsp3) is 0.182. The van der Waals surface area contributed by atoms with Crippen LogP contribution in [0.4, 0.5) is 0 Å². The Morgan fingerprint density at radius 3 is 2.81 bits per heavy atom. The van der Waals surface area contributed by atoms with Gasteiger partial charge in [0.2, 0.25) is 0 Å². The molecule has 0 bridgehead atoms. The number of halogens is 1. The summed E-state index contributed by atoms with van der Waals surface area (Å²) in [7, 11) is 0. The molecule has 0 spiro atoms. The molecule has 82 valence electrons. The van der Waals surface area contributed by atoms with Gasteiger partial charge in [-0.1, -0.05) is 23.4 Å². The quantitative estimate of drug-likeness (QED) is 0.621. The Kier molecular flexibility index (Phi) is 3.74. The minimum Gasteiger partial charge on any atom is -0.260 e. The molecule has 0 aliphatic rings. The molecule has 2 heterocycles. The summed E-state index contributed by atoms with van der Waals surface area (Å²) < 4.78 is 0. The predicted molar refractivity (Wildman–Crippen MR) is 65.6 cm³/mol.